The fraction of sp³-hybridized carbons (Fsp3) is 0.379. The lowest BCUT2D eigenvalue weighted by atomic mass is 9.67. The molecule has 2 aromatic carbocycles. The highest BCUT2D eigenvalue weighted by molar-refractivity contribution is 7.80. The highest BCUT2D eigenvalue weighted by Crippen LogP contribution is 2.44. The lowest BCUT2D eigenvalue weighted by Crippen LogP contribution is -2.46. The first-order chi connectivity index (χ1) is 17.1. The summed E-state index contributed by atoms with van der Waals surface area (Å²) in [6, 6.07) is 14.6. The molecular formula is C29H34FN3O2S. The predicted molar refractivity (Wildman–Crippen MR) is 144 cm³/mol. The van der Waals surface area contributed by atoms with Gasteiger partial charge in [-0.05, 0) is 78.4 Å². The molecule has 1 fully saturated rings. The number of piperidine rings is 1. The lowest BCUT2D eigenvalue weighted by Gasteiger charge is -2.41. The van der Waals surface area contributed by atoms with Crippen molar-refractivity contribution < 1.29 is 13.9 Å². The number of carbonyl (C=O) groups excluding carboxylic acids is 1. The minimum atomic E-state index is -0.265. The van der Waals surface area contributed by atoms with Crippen LogP contribution in [0.5, 0.6) is 0 Å². The number of nitrogens with zero attached hydrogens (tertiary/aromatic N) is 2. The quantitative estimate of drug-likeness (QED) is 0.349. The number of nitrogens with one attached hydrogen (secondary N) is 1. The van der Waals surface area contributed by atoms with Gasteiger partial charge in [-0.25, -0.2) is 9.07 Å². The molecule has 2 heterocycles. The molecule has 1 aliphatic heterocycles. The average molecular weight is 508 g/mol. The normalized spacial score (nSPS) is 18.8. The molecule has 0 spiro atoms. The molecule has 1 saturated heterocycles. The van der Waals surface area contributed by atoms with Gasteiger partial charge in [0.15, 0.2) is 0 Å². The summed E-state index contributed by atoms with van der Waals surface area (Å²) in [5.74, 6) is -0.456. The van der Waals surface area contributed by atoms with E-state index in [-0.39, 0.29) is 22.6 Å². The molecule has 1 aliphatic carbocycles. The largest absolute Gasteiger partial charge is 0.469 e. The Bertz CT molecular complexity index is 1240. The van der Waals surface area contributed by atoms with Gasteiger partial charge in [0, 0.05) is 16.9 Å². The monoisotopic (exact) mass is 507 g/mol. The van der Waals surface area contributed by atoms with Crippen molar-refractivity contribution in [3.63, 3.8) is 0 Å². The number of esters is 1. The molecule has 36 heavy (non-hydrogen) atoms. The van der Waals surface area contributed by atoms with Crippen LogP contribution in [0.2, 0.25) is 0 Å². The lowest BCUT2D eigenvalue weighted by molar-refractivity contribution is -0.143. The first kappa shape index (κ1) is 26.2. The summed E-state index contributed by atoms with van der Waals surface area (Å²) in [4.78, 5) is 13.0. The number of thiol groups is 1. The van der Waals surface area contributed by atoms with Crippen molar-refractivity contribution in [3.05, 3.63) is 82.9 Å². The van der Waals surface area contributed by atoms with Crippen molar-refractivity contribution >= 4 is 24.7 Å². The highest BCUT2D eigenvalue weighted by atomic mass is 32.1. The summed E-state index contributed by atoms with van der Waals surface area (Å²) in [6.07, 6.45) is 6.00. The molecule has 0 saturated carbocycles. The van der Waals surface area contributed by atoms with Gasteiger partial charge in [0.25, 0.3) is 0 Å². The molecule has 5 rings (SSSR count). The zero-order valence-corrected chi connectivity index (χ0v) is 22.2. The number of hydrogen-bond donors (Lipinski definition) is 2. The number of halogens is 1. The molecule has 1 atom stereocenters. The molecule has 5 nitrogen and oxygen atoms in total. The fourth-order valence-corrected chi connectivity index (χ4v) is 5.03. The molecule has 2 aliphatic rings. The van der Waals surface area contributed by atoms with Crippen molar-refractivity contribution in [3.8, 4) is 5.69 Å². The second-order valence-corrected chi connectivity index (χ2v) is 11.1. The van der Waals surface area contributed by atoms with E-state index < -0.39 is 0 Å². The first-order valence-electron chi connectivity index (χ1n) is 12.2. The Balaban J connectivity index is 0.000000233. The summed E-state index contributed by atoms with van der Waals surface area (Å²) in [5.41, 5.74) is 5.57. The molecule has 1 aromatic heterocycles. The van der Waals surface area contributed by atoms with E-state index in [1.165, 1.54) is 30.4 Å². The summed E-state index contributed by atoms with van der Waals surface area (Å²) < 4.78 is 20.0. The smallest absolute Gasteiger partial charge is 0.306 e. The zero-order valence-electron chi connectivity index (χ0n) is 21.3. The van der Waals surface area contributed by atoms with E-state index in [1.54, 1.807) is 12.1 Å². The molecule has 0 amide bonds. The third kappa shape index (κ3) is 5.73. The van der Waals surface area contributed by atoms with Crippen molar-refractivity contribution in [1.82, 2.24) is 15.1 Å². The Morgan fingerprint density at radius 1 is 1.17 bits per heavy atom. The topological polar surface area (TPSA) is 56.1 Å². The van der Waals surface area contributed by atoms with E-state index in [2.05, 4.69) is 62.0 Å². The standard InChI is InChI=1S/C19H20FN3O2.C10H14S/c1-25-18(24)10-19-9-13-11-22-23(16-4-2-15(20)3-5-16)17(13)8-14(19)6-7-21-12-19;1-10(2,3)8-4-6-9(11)7-5-8/h2-5,8,11,21H,6-7,9-10,12H2,1H3;4-7,11H,1-3H3. The number of hydrogen-bond acceptors (Lipinski definition) is 5. The van der Waals surface area contributed by atoms with Crippen LogP contribution in [0.3, 0.4) is 0 Å². The summed E-state index contributed by atoms with van der Waals surface area (Å²) in [6.45, 7) is 8.28. The second-order valence-electron chi connectivity index (χ2n) is 10.5. The van der Waals surface area contributed by atoms with E-state index in [1.807, 2.05) is 23.0 Å². The first-order valence-corrected chi connectivity index (χ1v) is 12.7. The summed E-state index contributed by atoms with van der Waals surface area (Å²) in [5, 5.41) is 7.91. The van der Waals surface area contributed by atoms with Gasteiger partial charge in [0.05, 0.1) is 31.1 Å². The van der Waals surface area contributed by atoms with E-state index in [0.717, 1.165) is 47.8 Å². The molecule has 0 bridgehead atoms. The van der Waals surface area contributed by atoms with Crippen LogP contribution in [-0.2, 0) is 21.4 Å². The Morgan fingerprint density at radius 3 is 2.50 bits per heavy atom. The van der Waals surface area contributed by atoms with Gasteiger partial charge in [0.2, 0.25) is 0 Å². The maximum atomic E-state index is 13.2. The van der Waals surface area contributed by atoms with Crippen LogP contribution in [0.25, 0.3) is 11.8 Å². The second kappa shape index (κ2) is 10.6. The number of carbonyl (C=O) groups is 1. The van der Waals surface area contributed by atoms with Crippen molar-refractivity contribution in [1.29, 1.82) is 0 Å². The molecule has 1 N–H and O–H groups in total. The minimum Gasteiger partial charge on any atom is -0.469 e. The van der Waals surface area contributed by atoms with Gasteiger partial charge in [-0.3, -0.25) is 4.79 Å². The maximum absolute atomic E-state index is 13.2. The van der Waals surface area contributed by atoms with E-state index in [0.29, 0.717) is 6.42 Å². The van der Waals surface area contributed by atoms with Crippen LogP contribution in [0.4, 0.5) is 4.39 Å². The van der Waals surface area contributed by atoms with Crippen LogP contribution >= 0.6 is 12.6 Å². The molecule has 7 heteroatoms. The van der Waals surface area contributed by atoms with Crippen LogP contribution in [0.15, 0.2) is 65.2 Å². The maximum Gasteiger partial charge on any atom is 0.306 e. The van der Waals surface area contributed by atoms with E-state index >= 15 is 0 Å². The van der Waals surface area contributed by atoms with Gasteiger partial charge < -0.3 is 10.1 Å². The predicted octanol–water partition coefficient (Wildman–Crippen LogP) is 5.77. The SMILES string of the molecule is CC(C)(C)c1ccc(S)cc1.COC(=O)CC12CNCCC1=Cc1c(cnn1-c1ccc(F)cc1)C2. The van der Waals surface area contributed by atoms with Crippen molar-refractivity contribution in [2.24, 2.45) is 5.41 Å². The third-order valence-electron chi connectivity index (χ3n) is 6.96. The summed E-state index contributed by atoms with van der Waals surface area (Å²) in [7, 11) is 1.43. The van der Waals surface area contributed by atoms with Crippen LogP contribution in [0, 0.1) is 11.2 Å². The Labute approximate surface area is 218 Å². The summed E-state index contributed by atoms with van der Waals surface area (Å²) >= 11 is 4.23. The fourth-order valence-electron chi connectivity index (χ4n) is 4.88. The Kier molecular flexibility index (Phi) is 7.71. The van der Waals surface area contributed by atoms with Gasteiger partial charge in [0.1, 0.15) is 5.82 Å². The molecule has 190 valence electrons. The highest BCUT2D eigenvalue weighted by Gasteiger charge is 2.42. The Morgan fingerprint density at radius 2 is 1.86 bits per heavy atom. The van der Waals surface area contributed by atoms with Crippen LogP contribution < -0.4 is 5.32 Å². The van der Waals surface area contributed by atoms with Crippen molar-refractivity contribution in [2.45, 2.75) is 50.3 Å². The molecule has 3 aromatic rings. The number of aromatic nitrogens is 2. The number of methoxy groups -OCH3 is 1. The third-order valence-corrected chi connectivity index (χ3v) is 7.25. The van der Waals surface area contributed by atoms with Gasteiger partial charge in [-0.15, -0.1) is 12.6 Å². The van der Waals surface area contributed by atoms with Crippen molar-refractivity contribution in [2.75, 3.05) is 20.2 Å². The average Bonchev–Trinajstić information content (AvgIpc) is 3.25. The zero-order chi connectivity index (χ0) is 25.9. The van der Waals surface area contributed by atoms with Crippen LogP contribution in [-0.4, -0.2) is 35.9 Å². The minimum absolute atomic E-state index is 0.191. The Hall–Kier alpha value is -2.90. The van der Waals surface area contributed by atoms with E-state index in [9.17, 15) is 9.18 Å². The number of fused-ring (bicyclic) bond motifs is 2. The molecule has 1 unspecified atom stereocenters. The van der Waals surface area contributed by atoms with Gasteiger partial charge in [-0.2, -0.15) is 5.10 Å². The van der Waals surface area contributed by atoms with Gasteiger partial charge in [-0.1, -0.05) is 38.5 Å². The number of rotatable bonds is 3. The molecular weight excluding hydrogens is 473 g/mol. The molecule has 0 radical (unpaired) electrons. The van der Waals surface area contributed by atoms with E-state index in [4.69, 9.17) is 4.74 Å². The number of benzene rings is 2. The van der Waals surface area contributed by atoms with Crippen LogP contribution in [0.1, 0.15) is 50.4 Å². The van der Waals surface area contributed by atoms with Gasteiger partial charge >= 0.3 is 5.97 Å². The number of ether oxygens (including phenoxy) is 1.